The first-order valence-corrected chi connectivity index (χ1v) is 11.5. The van der Waals surface area contributed by atoms with Crippen LogP contribution in [0.3, 0.4) is 0 Å². The fraction of sp³-hybridized carbons (Fsp3) is 0.385. The molecule has 2 aliphatic rings. The van der Waals surface area contributed by atoms with Crippen LogP contribution in [0.2, 0.25) is 0 Å². The summed E-state index contributed by atoms with van der Waals surface area (Å²) in [5.41, 5.74) is 3.07. The van der Waals surface area contributed by atoms with Crippen LogP contribution in [0.5, 0.6) is 5.75 Å². The molecule has 1 saturated heterocycles. The van der Waals surface area contributed by atoms with Gasteiger partial charge in [-0.25, -0.2) is 4.79 Å². The lowest BCUT2D eigenvalue weighted by atomic mass is 9.81. The van der Waals surface area contributed by atoms with Crippen LogP contribution in [0.15, 0.2) is 48.5 Å². The van der Waals surface area contributed by atoms with Gasteiger partial charge in [-0.1, -0.05) is 30.3 Å². The number of H-pyrrole nitrogens is 1. The Kier molecular flexibility index (Phi) is 5.16. The van der Waals surface area contributed by atoms with Gasteiger partial charge in [0.05, 0.1) is 6.61 Å². The van der Waals surface area contributed by atoms with Gasteiger partial charge in [-0.2, -0.15) is 0 Å². The van der Waals surface area contributed by atoms with Crippen molar-refractivity contribution >= 4 is 22.8 Å². The van der Waals surface area contributed by atoms with Gasteiger partial charge < -0.3 is 14.6 Å². The molecule has 7 nitrogen and oxygen atoms in total. The fourth-order valence-electron chi connectivity index (χ4n) is 5.23. The van der Waals surface area contributed by atoms with Gasteiger partial charge in [-0.3, -0.25) is 14.6 Å². The second kappa shape index (κ2) is 7.92. The van der Waals surface area contributed by atoms with Crippen LogP contribution in [0, 0.1) is 0 Å². The predicted octanol–water partition coefficient (Wildman–Crippen LogP) is 3.80. The molecule has 33 heavy (non-hydrogen) atoms. The lowest BCUT2D eigenvalue weighted by Gasteiger charge is -2.42. The molecular formula is C26H30N4O3. The van der Waals surface area contributed by atoms with Crippen molar-refractivity contribution < 1.29 is 14.3 Å². The van der Waals surface area contributed by atoms with Crippen molar-refractivity contribution in [3.63, 3.8) is 0 Å². The maximum atomic E-state index is 13.7. The van der Waals surface area contributed by atoms with E-state index in [1.54, 1.807) is 4.90 Å². The third-order valence-corrected chi connectivity index (χ3v) is 6.83. The molecule has 172 valence electrons. The highest BCUT2D eigenvalue weighted by atomic mass is 16.5. The Hall–Kier alpha value is -3.32. The molecule has 0 aliphatic carbocycles. The summed E-state index contributed by atoms with van der Waals surface area (Å²) >= 11 is 0. The first-order chi connectivity index (χ1) is 15.8. The molecule has 2 aromatic carbocycles. The zero-order chi connectivity index (χ0) is 23.3. The first-order valence-electron chi connectivity index (χ1n) is 11.5. The molecule has 3 heterocycles. The molecule has 3 aromatic rings. The van der Waals surface area contributed by atoms with Gasteiger partial charge in [-0.05, 0) is 57.3 Å². The number of urea groups is 1. The number of rotatable bonds is 6. The molecule has 1 aromatic heterocycles. The standard InChI is InChI=1S/C26H30N4O3/c1-5-33-18-11-12-21-19(15-18)20-16-26(2)24(31)29(14-13-28(3)4)25(32)30(26)23(22(20)27-21)17-9-7-6-8-10-17/h6-12,15,23,27H,5,13-14,16H2,1-4H3/t23-,26+/m1/s1. The minimum atomic E-state index is -0.951. The molecule has 5 rings (SSSR count). The maximum Gasteiger partial charge on any atom is 0.328 e. The van der Waals surface area contributed by atoms with Crippen molar-refractivity contribution in [2.24, 2.45) is 0 Å². The quantitative estimate of drug-likeness (QED) is 0.585. The molecule has 0 unspecified atom stereocenters. The van der Waals surface area contributed by atoms with Crippen LogP contribution in [-0.4, -0.2) is 71.0 Å². The van der Waals surface area contributed by atoms with Crippen LogP contribution in [0.1, 0.15) is 36.7 Å². The zero-order valence-electron chi connectivity index (χ0n) is 19.6. The number of carbonyl (C=O) groups excluding carboxylic acids is 2. The molecule has 1 N–H and O–H groups in total. The van der Waals surface area contributed by atoms with E-state index in [2.05, 4.69) is 4.98 Å². The number of hydrogen-bond acceptors (Lipinski definition) is 4. The zero-order valence-corrected chi connectivity index (χ0v) is 19.6. The van der Waals surface area contributed by atoms with E-state index < -0.39 is 5.54 Å². The van der Waals surface area contributed by atoms with Crippen molar-refractivity contribution in [1.82, 2.24) is 19.7 Å². The van der Waals surface area contributed by atoms with E-state index in [-0.39, 0.29) is 18.0 Å². The number of amides is 3. The summed E-state index contributed by atoms with van der Waals surface area (Å²) in [5, 5.41) is 1.05. The smallest absolute Gasteiger partial charge is 0.328 e. The van der Waals surface area contributed by atoms with Crippen LogP contribution in [0.4, 0.5) is 4.79 Å². The van der Waals surface area contributed by atoms with Gasteiger partial charge in [0.25, 0.3) is 5.91 Å². The van der Waals surface area contributed by atoms with Gasteiger partial charge in [0.2, 0.25) is 0 Å². The molecule has 7 heteroatoms. The first kappa shape index (κ1) is 21.5. The summed E-state index contributed by atoms with van der Waals surface area (Å²) in [6.07, 6.45) is 0.463. The number of nitrogens with one attached hydrogen (secondary N) is 1. The third-order valence-electron chi connectivity index (χ3n) is 6.83. The monoisotopic (exact) mass is 446 g/mol. The summed E-state index contributed by atoms with van der Waals surface area (Å²) < 4.78 is 5.75. The predicted molar refractivity (Wildman–Crippen MR) is 127 cm³/mol. The molecule has 1 fully saturated rings. The van der Waals surface area contributed by atoms with E-state index in [1.807, 2.05) is 81.4 Å². The number of nitrogens with zero attached hydrogens (tertiary/aromatic N) is 3. The van der Waals surface area contributed by atoms with Crippen LogP contribution in [-0.2, 0) is 11.2 Å². The van der Waals surface area contributed by atoms with Crippen molar-refractivity contribution in [2.75, 3.05) is 33.8 Å². The van der Waals surface area contributed by atoms with E-state index in [9.17, 15) is 9.59 Å². The summed E-state index contributed by atoms with van der Waals surface area (Å²) in [7, 11) is 3.89. The Morgan fingerprint density at radius 2 is 1.91 bits per heavy atom. The summed E-state index contributed by atoms with van der Waals surface area (Å²) in [4.78, 5) is 36.2. The van der Waals surface area contributed by atoms with Crippen LogP contribution in [0.25, 0.3) is 10.9 Å². The molecule has 3 amide bonds. The second-order valence-electron chi connectivity index (χ2n) is 9.33. The fourth-order valence-corrected chi connectivity index (χ4v) is 5.23. The highest BCUT2D eigenvalue weighted by Crippen LogP contribution is 2.48. The maximum absolute atomic E-state index is 13.7. The normalized spacial score (nSPS) is 22.3. The van der Waals surface area contributed by atoms with E-state index in [0.29, 0.717) is 26.1 Å². The Bertz CT molecular complexity index is 1220. The minimum Gasteiger partial charge on any atom is -0.494 e. The van der Waals surface area contributed by atoms with E-state index >= 15 is 0 Å². The Morgan fingerprint density at radius 1 is 1.15 bits per heavy atom. The average molecular weight is 447 g/mol. The van der Waals surface area contributed by atoms with Crippen molar-refractivity contribution in [1.29, 1.82) is 0 Å². The summed E-state index contributed by atoms with van der Waals surface area (Å²) in [6, 6.07) is 15.4. The van der Waals surface area contributed by atoms with Crippen molar-refractivity contribution in [3.8, 4) is 5.75 Å². The van der Waals surface area contributed by atoms with E-state index in [0.717, 1.165) is 33.5 Å². The SMILES string of the molecule is CCOc1ccc2[nH]c3c(c2c1)C[C@@]1(C)C(=O)N(CCN(C)C)C(=O)N1[C@@H]3c1ccccc1. The van der Waals surface area contributed by atoms with Crippen molar-refractivity contribution in [2.45, 2.75) is 31.8 Å². The van der Waals surface area contributed by atoms with Gasteiger partial charge in [-0.15, -0.1) is 0 Å². The molecule has 0 bridgehead atoms. The number of hydrogen-bond donors (Lipinski definition) is 1. The third kappa shape index (κ3) is 3.30. The minimum absolute atomic E-state index is 0.128. The highest BCUT2D eigenvalue weighted by Gasteiger charge is 2.60. The topological polar surface area (TPSA) is 68.9 Å². The Labute approximate surface area is 193 Å². The number of aromatic nitrogens is 1. The summed E-state index contributed by atoms with van der Waals surface area (Å²) in [6.45, 7) is 5.47. The molecule has 0 spiro atoms. The second-order valence-corrected chi connectivity index (χ2v) is 9.33. The average Bonchev–Trinajstić information content (AvgIpc) is 3.24. The van der Waals surface area contributed by atoms with E-state index in [1.165, 1.54) is 4.90 Å². The number of aromatic amines is 1. The Morgan fingerprint density at radius 3 is 2.61 bits per heavy atom. The van der Waals surface area contributed by atoms with Gasteiger partial charge >= 0.3 is 6.03 Å². The van der Waals surface area contributed by atoms with Gasteiger partial charge in [0, 0.05) is 36.1 Å². The number of benzene rings is 2. The van der Waals surface area contributed by atoms with Crippen molar-refractivity contribution in [3.05, 3.63) is 65.4 Å². The Balaban J connectivity index is 1.69. The van der Waals surface area contributed by atoms with Gasteiger partial charge in [0.1, 0.15) is 17.3 Å². The number of ether oxygens (including phenoxy) is 1. The largest absolute Gasteiger partial charge is 0.494 e. The molecule has 0 saturated carbocycles. The lowest BCUT2D eigenvalue weighted by Crippen LogP contribution is -2.53. The van der Waals surface area contributed by atoms with Crippen LogP contribution >= 0.6 is 0 Å². The lowest BCUT2D eigenvalue weighted by molar-refractivity contribution is -0.133. The van der Waals surface area contributed by atoms with Gasteiger partial charge in [0.15, 0.2) is 0 Å². The number of fused-ring (bicyclic) bond motifs is 4. The number of carbonyl (C=O) groups is 2. The molecule has 2 atom stereocenters. The summed E-state index contributed by atoms with van der Waals surface area (Å²) in [5.74, 6) is 0.674. The number of likely N-dealkylation sites (N-methyl/N-ethyl adjacent to an activating group) is 1. The van der Waals surface area contributed by atoms with E-state index in [4.69, 9.17) is 4.74 Å². The highest BCUT2D eigenvalue weighted by molar-refractivity contribution is 6.08. The number of imide groups is 1. The molecule has 2 aliphatic heterocycles. The van der Waals surface area contributed by atoms with Crippen LogP contribution < -0.4 is 4.74 Å². The molecule has 0 radical (unpaired) electrons. The molecular weight excluding hydrogens is 416 g/mol.